The zero-order chi connectivity index (χ0) is 41.6. The van der Waals surface area contributed by atoms with E-state index in [0.717, 1.165) is 20.8 Å². The fourth-order valence-electron chi connectivity index (χ4n) is 4.79. The van der Waals surface area contributed by atoms with Gasteiger partial charge in [-0.05, 0) is 13.3 Å². The van der Waals surface area contributed by atoms with Crippen LogP contribution in [0.4, 0.5) is 13.2 Å². The zero-order valence-corrected chi connectivity index (χ0v) is 30.6. The number of esters is 1. The Morgan fingerprint density at radius 1 is 0.741 bits per heavy atom. The zero-order valence-electron chi connectivity index (χ0n) is 27.3. The summed E-state index contributed by atoms with van der Waals surface area (Å²) in [6.45, 7) is -0.427. The maximum Gasteiger partial charge on any atom is 0.471 e. The van der Waals surface area contributed by atoms with E-state index in [0.29, 0.717) is 0 Å². The molecule has 0 radical (unpaired) electrons. The van der Waals surface area contributed by atoms with Gasteiger partial charge >= 0.3 is 59.6 Å². The Kier molecular flexibility index (Phi) is 16.5. The maximum atomic E-state index is 12.5. The summed E-state index contributed by atoms with van der Waals surface area (Å²) in [6.07, 6.45) is -26.3. The van der Waals surface area contributed by atoms with Gasteiger partial charge in [-0.25, -0.2) is 16.7 Å². The lowest BCUT2D eigenvalue weighted by molar-refractivity contribution is -0.346. The summed E-state index contributed by atoms with van der Waals surface area (Å²) in [6, 6.07) is -2.11. The number of carbonyl (C=O) groups is 3. The average molecular weight is 883 g/mol. The van der Waals surface area contributed by atoms with Gasteiger partial charge in [0.05, 0.1) is 19.3 Å². The summed E-state index contributed by atoms with van der Waals surface area (Å²) in [4.78, 5) is 35.5. The fourth-order valence-corrected chi connectivity index (χ4v) is 6.65. The first kappa shape index (κ1) is 47.7. The van der Waals surface area contributed by atoms with Crippen LogP contribution in [0.2, 0.25) is 0 Å². The highest BCUT2D eigenvalue weighted by Crippen LogP contribution is 2.35. The molecule has 6 N–H and O–H groups in total. The van der Waals surface area contributed by atoms with Crippen LogP contribution in [0.15, 0.2) is 0 Å². The number of rotatable bonds is 18. The van der Waals surface area contributed by atoms with Crippen LogP contribution < -0.4 is 10.6 Å². The summed E-state index contributed by atoms with van der Waals surface area (Å²) in [5, 5.41) is 3.58. The molecule has 2 aliphatic rings. The second-order valence-electron chi connectivity index (χ2n) is 10.8. The third-order valence-corrected chi connectivity index (χ3v) is 8.39. The molecular formula is C21H33F3N2O24S4. The summed E-state index contributed by atoms with van der Waals surface area (Å²) < 4.78 is 213. The molecule has 0 unspecified atom stereocenters. The number of amides is 2. The Morgan fingerprint density at radius 2 is 1.28 bits per heavy atom. The summed E-state index contributed by atoms with van der Waals surface area (Å²) in [5.74, 6) is -4.71. The molecule has 0 aromatic heterocycles. The molecule has 33 heteroatoms. The molecule has 2 aliphatic heterocycles. The van der Waals surface area contributed by atoms with E-state index in [2.05, 4.69) is 22.0 Å². The first-order chi connectivity index (χ1) is 24.4. The smallest absolute Gasteiger partial charge is 0.457 e. The van der Waals surface area contributed by atoms with Crippen LogP contribution in [0.1, 0.15) is 27.2 Å². The van der Waals surface area contributed by atoms with Crippen molar-refractivity contribution in [3.05, 3.63) is 0 Å². The SMILES string of the molecule is CC(=O)N[C@H]1[C@@H](O[C@@H]2[C@H](OCCCNC(=O)C(F)(F)F)O[C@@H](C)[C@@H](OS(=O)(=O)O)[C@H]2OS(=O)(=O)O)O[C@H](COS(=O)(=O)O)[C@H](OS(=O)(=O)O)[C@@H]1OC(C)=O. The topological polar surface area (TPSA) is 376 Å². The molecule has 0 bridgehead atoms. The molecular weight excluding hydrogens is 849 g/mol. The Morgan fingerprint density at radius 3 is 1.76 bits per heavy atom. The van der Waals surface area contributed by atoms with Crippen molar-refractivity contribution in [1.82, 2.24) is 10.6 Å². The molecule has 0 aromatic rings. The molecule has 54 heavy (non-hydrogen) atoms. The number of carbonyl (C=O) groups excluding carboxylic acids is 3. The number of nitrogens with one attached hydrogen (secondary N) is 2. The Bertz CT molecular complexity index is 1780. The third-order valence-electron chi connectivity index (χ3n) is 6.56. The van der Waals surface area contributed by atoms with Crippen LogP contribution in [0, 0.1) is 0 Å². The van der Waals surface area contributed by atoms with E-state index in [-0.39, 0.29) is 0 Å². The second-order valence-corrected chi connectivity index (χ2v) is 15.0. The number of ether oxygens (including phenoxy) is 5. The molecule has 2 saturated heterocycles. The molecule has 2 fully saturated rings. The molecule has 0 aliphatic carbocycles. The number of alkyl halides is 3. The summed E-state index contributed by atoms with van der Waals surface area (Å²) >= 11 is 0. The highest BCUT2D eigenvalue weighted by molar-refractivity contribution is 7.81. The minimum atomic E-state index is -5.72. The summed E-state index contributed by atoms with van der Waals surface area (Å²) in [5.41, 5.74) is 0. The molecule has 316 valence electrons. The van der Waals surface area contributed by atoms with Gasteiger partial charge < -0.3 is 34.3 Å². The van der Waals surface area contributed by atoms with Gasteiger partial charge in [0, 0.05) is 20.4 Å². The predicted molar refractivity (Wildman–Crippen MR) is 157 cm³/mol. The Labute approximate surface area is 303 Å². The van der Waals surface area contributed by atoms with Gasteiger partial charge in [-0.1, -0.05) is 0 Å². The van der Waals surface area contributed by atoms with Crippen molar-refractivity contribution >= 4 is 59.4 Å². The van der Waals surface area contributed by atoms with Gasteiger partial charge in [0.25, 0.3) is 0 Å². The van der Waals surface area contributed by atoms with E-state index in [4.69, 9.17) is 28.2 Å². The van der Waals surface area contributed by atoms with Crippen molar-refractivity contribution in [3.63, 3.8) is 0 Å². The molecule has 2 rings (SSSR count). The highest BCUT2D eigenvalue weighted by Gasteiger charge is 2.56. The molecule has 2 heterocycles. The van der Waals surface area contributed by atoms with Crippen molar-refractivity contribution in [3.8, 4) is 0 Å². The van der Waals surface area contributed by atoms with Gasteiger partial charge in [0.2, 0.25) is 5.91 Å². The summed E-state index contributed by atoms with van der Waals surface area (Å²) in [7, 11) is -22.3. The third kappa shape index (κ3) is 16.3. The van der Waals surface area contributed by atoms with E-state index >= 15 is 0 Å². The quantitative estimate of drug-likeness (QED) is 0.0447. The monoisotopic (exact) mass is 882 g/mol. The maximum absolute atomic E-state index is 12.5. The van der Waals surface area contributed by atoms with Crippen LogP contribution in [0.25, 0.3) is 0 Å². The van der Waals surface area contributed by atoms with Crippen molar-refractivity contribution in [2.24, 2.45) is 0 Å². The van der Waals surface area contributed by atoms with Gasteiger partial charge in [-0.2, -0.15) is 46.8 Å². The largest absolute Gasteiger partial charge is 0.471 e. The Balaban J connectivity index is 2.72. The van der Waals surface area contributed by atoms with Crippen molar-refractivity contribution in [1.29, 1.82) is 0 Å². The fraction of sp³-hybridized carbons (Fsp3) is 0.857. The average Bonchev–Trinajstić information content (AvgIpc) is 2.95. The van der Waals surface area contributed by atoms with Crippen molar-refractivity contribution in [2.45, 2.75) is 94.7 Å². The number of hydrogen-bond acceptors (Lipinski definition) is 20. The lowest BCUT2D eigenvalue weighted by Gasteiger charge is -2.48. The van der Waals surface area contributed by atoms with E-state index < -0.39 is 153 Å². The first-order valence-corrected chi connectivity index (χ1v) is 19.8. The Hall–Kier alpha value is -2.48. The van der Waals surface area contributed by atoms with Crippen molar-refractivity contribution < 1.29 is 120 Å². The van der Waals surface area contributed by atoms with Gasteiger partial charge in [0.1, 0.15) is 36.6 Å². The standard InChI is InChI=1S/C21H33F3N2O24S4/c1-8-13(48-52(33,34)35)16(50-54(39,40)41)17(19(44-8)42-6-4-5-25-20(29)21(22,23)24)47-18-12(26-9(2)27)15(45-10(3)28)14(49-53(36,37)38)11(46-18)7-43-51(30,31)32/h8,11-19H,4-7H2,1-3H3,(H,25,29)(H,26,27)(H,30,31,32)(H,33,34,35)(H,36,37,38)(H,39,40,41)/t8-,11+,12+,13+,14-,15+,16+,17-,18+,19+/m0/s1. The molecule has 2 amide bonds. The first-order valence-electron chi connectivity index (χ1n) is 14.3. The highest BCUT2D eigenvalue weighted by atomic mass is 32.3. The van der Waals surface area contributed by atoms with Gasteiger partial charge in [-0.3, -0.25) is 32.6 Å². The van der Waals surface area contributed by atoms with E-state index in [9.17, 15) is 74.9 Å². The van der Waals surface area contributed by atoms with Crippen molar-refractivity contribution in [2.75, 3.05) is 19.8 Å². The molecule has 10 atom stereocenters. The number of hydrogen-bond donors (Lipinski definition) is 6. The van der Waals surface area contributed by atoms with Crippen LogP contribution in [-0.4, -0.2) is 157 Å². The second kappa shape index (κ2) is 18.6. The van der Waals surface area contributed by atoms with E-state index in [1.54, 1.807) is 0 Å². The molecule has 0 aromatic carbocycles. The van der Waals surface area contributed by atoms with Gasteiger partial charge in [0.15, 0.2) is 18.7 Å². The van der Waals surface area contributed by atoms with Crippen LogP contribution in [-0.2, 0) is 96.4 Å². The predicted octanol–water partition coefficient (Wildman–Crippen LogP) is -3.25. The van der Waals surface area contributed by atoms with Gasteiger partial charge in [-0.15, -0.1) is 0 Å². The lowest BCUT2D eigenvalue weighted by Crippen LogP contribution is -2.69. The molecule has 26 nitrogen and oxygen atoms in total. The minimum absolute atomic E-state index is 0.468. The lowest BCUT2D eigenvalue weighted by atomic mass is 9.95. The van der Waals surface area contributed by atoms with Crippen LogP contribution in [0.5, 0.6) is 0 Å². The van der Waals surface area contributed by atoms with E-state index in [1.165, 1.54) is 5.32 Å². The number of halogens is 3. The minimum Gasteiger partial charge on any atom is -0.457 e. The van der Waals surface area contributed by atoms with Crippen LogP contribution in [0.3, 0.4) is 0 Å². The van der Waals surface area contributed by atoms with E-state index in [1.807, 2.05) is 0 Å². The van der Waals surface area contributed by atoms with Crippen LogP contribution >= 0.6 is 0 Å². The molecule has 0 saturated carbocycles. The molecule has 0 spiro atoms. The normalized spacial score (nSPS) is 30.0.